The van der Waals surface area contributed by atoms with Gasteiger partial charge in [0.25, 0.3) is 0 Å². The van der Waals surface area contributed by atoms with Crippen molar-refractivity contribution in [2.45, 2.75) is 6.92 Å². The molecule has 3 rings (SSSR count). The number of hydrogen-bond acceptors (Lipinski definition) is 4. The Morgan fingerprint density at radius 3 is 2.83 bits per heavy atom. The lowest BCUT2D eigenvalue weighted by atomic mass is 10.0. The standard InChI is InChI=1S/C12H12BrN3O2/c1-6-3-8-12(18-5-17-8)11(13)10(6)7-4-9(14)16(2)15-7/h3-4H,5,14H2,1-2H3. The number of benzene rings is 1. The summed E-state index contributed by atoms with van der Waals surface area (Å²) in [5.74, 6) is 2.10. The molecule has 2 heterocycles. The minimum Gasteiger partial charge on any atom is -0.454 e. The van der Waals surface area contributed by atoms with Crippen LogP contribution in [-0.2, 0) is 7.05 Å². The first-order valence-corrected chi connectivity index (χ1v) is 6.26. The summed E-state index contributed by atoms with van der Waals surface area (Å²) in [7, 11) is 1.81. The highest BCUT2D eigenvalue weighted by molar-refractivity contribution is 9.10. The Labute approximate surface area is 113 Å². The summed E-state index contributed by atoms with van der Waals surface area (Å²) in [5.41, 5.74) is 8.68. The summed E-state index contributed by atoms with van der Waals surface area (Å²) >= 11 is 3.56. The molecule has 6 heteroatoms. The number of aryl methyl sites for hydroxylation is 2. The average molecular weight is 310 g/mol. The van der Waals surface area contributed by atoms with Gasteiger partial charge in [0.05, 0.1) is 10.2 Å². The van der Waals surface area contributed by atoms with E-state index in [4.69, 9.17) is 15.2 Å². The van der Waals surface area contributed by atoms with Crippen LogP contribution in [0.15, 0.2) is 16.6 Å². The second-order valence-electron chi connectivity index (χ2n) is 4.19. The number of ether oxygens (including phenoxy) is 2. The van der Waals surface area contributed by atoms with Crippen molar-refractivity contribution in [3.8, 4) is 22.8 Å². The SMILES string of the molecule is Cc1cc2c(c(Br)c1-c1cc(N)n(C)n1)OCO2. The van der Waals surface area contributed by atoms with Crippen LogP contribution in [0, 0.1) is 6.92 Å². The maximum absolute atomic E-state index is 5.82. The summed E-state index contributed by atoms with van der Waals surface area (Å²) in [6.45, 7) is 2.26. The van der Waals surface area contributed by atoms with Crippen LogP contribution in [0.5, 0.6) is 11.5 Å². The number of halogens is 1. The minimum absolute atomic E-state index is 0.251. The first-order valence-electron chi connectivity index (χ1n) is 5.46. The van der Waals surface area contributed by atoms with Gasteiger partial charge in [-0.3, -0.25) is 4.68 Å². The van der Waals surface area contributed by atoms with Crippen LogP contribution in [0.2, 0.25) is 0 Å². The highest BCUT2D eigenvalue weighted by Crippen LogP contribution is 2.46. The Morgan fingerprint density at radius 1 is 1.39 bits per heavy atom. The zero-order valence-corrected chi connectivity index (χ0v) is 11.6. The van der Waals surface area contributed by atoms with Crippen molar-refractivity contribution >= 4 is 21.7 Å². The van der Waals surface area contributed by atoms with Crippen molar-refractivity contribution in [2.75, 3.05) is 12.5 Å². The van der Waals surface area contributed by atoms with Crippen molar-refractivity contribution < 1.29 is 9.47 Å². The van der Waals surface area contributed by atoms with Gasteiger partial charge in [-0.1, -0.05) is 0 Å². The lowest BCUT2D eigenvalue weighted by Crippen LogP contribution is -1.97. The molecular weight excluding hydrogens is 298 g/mol. The Balaban J connectivity index is 2.23. The average Bonchev–Trinajstić information content (AvgIpc) is 2.87. The Morgan fingerprint density at radius 2 is 2.17 bits per heavy atom. The van der Waals surface area contributed by atoms with E-state index < -0.39 is 0 Å². The molecule has 2 aromatic rings. The third-order valence-corrected chi connectivity index (χ3v) is 3.73. The van der Waals surface area contributed by atoms with E-state index in [1.54, 1.807) is 4.68 Å². The third kappa shape index (κ3) is 1.56. The van der Waals surface area contributed by atoms with Crippen molar-refractivity contribution in [1.82, 2.24) is 9.78 Å². The Kier molecular flexibility index (Phi) is 2.48. The lowest BCUT2D eigenvalue weighted by molar-refractivity contribution is 0.173. The van der Waals surface area contributed by atoms with Gasteiger partial charge in [0.15, 0.2) is 11.5 Å². The van der Waals surface area contributed by atoms with Gasteiger partial charge in [0, 0.05) is 18.7 Å². The molecule has 1 aromatic carbocycles. The molecule has 1 aromatic heterocycles. The smallest absolute Gasteiger partial charge is 0.231 e. The fourth-order valence-corrected chi connectivity index (χ4v) is 2.87. The van der Waals surface area contributed by atoms with E-state index in [1.807, 2.05) is 26.1 Å². The van der Waals surface area contributed by atoms with Gasteiger partial charge in [0.1, 0.15) is 5.82 Å². The van der Waals surface area contributed by atoms with Gasteiger partial charge < -0.3 is 15.2 Å². The second-order valence-corrected chi connectivity index (χ2v) is 4.99. The molecule has 0 unspecified atom stereocenters. The molecule has 1 aliphatic heterocycles. The highest BCUT2D eigenvalue weighted by atomic mass is 79.9. The molecule has 0 saturated heterocycles. The normalized spacial score (nSPS) is 13.1. The van der Waals surface area contributed by atoms with Gasteiger partial charge in [-0.15, -0.1) is 0 Å². The molecule has 2 N–H and O–H groups in total. The van der Waals surface area contributed by atoms with Crippen LogP contribution in [-0.4, -0.2) is 16.6 Å². The molecule has 0 amide bonds. The van der Waals surface area contributed by atoms with Crippen LogP contribution >= 0.6 is 15.9 Å². The van der Waals surface area contributed by atoms with E-state index >= 15 is 0 Å². The van der Waals surface area contributed by atoms with Gasteiger partial charge in [-0.05, 0) is 34.5 Å². The van der Waals surface area contributed by atoms with Gasteiger partial charge in [0.2, 0.25) is 6.79 Å². The first-order chi connectivity index (χ1) is 8.58. The van der Waals surface area contributed by atoms with Crippen LogP contribution in [0.25, 0.3) is 11.3 Å². The zero-order chi connectivity index (χ0) is 12.9. The Hall–Kier alpha value is -1.69. The number of nitrogens with zero attached hydrogens (tertiary/aromatic N) is 2. The number of nitrogen functional groups attached to an aromatic ring is 1. The van der Waals surface area contributed by atoms with Gasteiger partial charge >= 0.3 is 0 Å². The van der Waals surface area contributed by atoms with E-state index in [0.29, 0.717) is 5.82 Å². The lowest BCUT2D eigenvalue weighted by Gasteiger charge is -2.08. The van der Waals surface area contributed by atoms with Crippen LogP contribution < -0.4 is 15.2 Å². The van der Waals surface area contributed by atoms with Crippen molar-refractivity contribution in [2.24, 2.45) is 7.05 Å². The number of aromatic nitrogens is 2. The predicted molar refractivity (Wildman–Crippen MR) is 71.6 cm³/mol. The topological polar surface area (TPSA) is 62.3 Å². The van der Waals surface area contributed by atoms with E-state index in [-0.39, 0.29) is 6.79 Å². The fraction of sp³-hybridized carbons (Fsp3) is 0.250. The monoisotopic (exact) mass is 309 g/mol. The van der Waals surface area contributed by atoms with E-state index in [9.17, 15) is 0 Å². The van der Waals surface area contributed by atoms with Crippen molar-refractivity contribution in [3.63, 3.8) is 0 Å². The quantitative estimate of drug-likeness (QED) is 0.879. The van der Waals surface area contributed by atoms with Crippen LogP contribution in [0.1, 0.15) is 5.56 Å². The summed E-state index contributed by atoms with van der Waals surface area (Å²) < 4.78 is 13.3. The summed E-state index contributed by atoms with van der Waals surface area (Å²) in [6, 6.07) is 3.79. The van der Waals surface area contributed by atoms with Gasteiger partial charge in [-0.2, -0.15) is 5.10 Å². The summed E-state index contributed by atoms with van der Waals surface area (Å²) in [6.07, 6.45) is 0. The highest BCUT2D eigenvalue weighted by Gasteiger charge is 2.23. The van der Waals surface area contributed by atoms with Crippen LogP contribution in [0.4, 0.5) is 5.82 Å². The number of nitrogens with two attached hydrogens (primary N) is 1. The van der Waals surface area contributed by atoms with Gasteiger partial charge in [-0.25, -0.2) is 0 Å². The Bertz CT molecular complexity index is 617. The van der Waals surface area contributed by atoms with Crippen molar-refractivity contribution in [1.29, 1.82) is 0 Å². The molecule has 1 aliphatic rings. The van der Waals surface area contributed by atoms with Crippen LogP contribution in [0.3, 0.4) is 0 Å². The third-order valence-electron chi connectivity index (χ3n) is 2.97. The molecule has 18 heavy (non-hydrogen) atoms. The van der Waals surface area contributed by atoms with E-state index in [0.717, 1.165) is 32.8 Å². The molecule has 5 nitrogen and oxygen atoms in total. The maximum atomic E-state index is 5.82. The molecular formula is C12H12BrN3O2. The van der Waals surface area contributed by atoms with Crippen molar-refractivity contribution in [3.05, 3.63) is 22.2 Å². The molecule has 0 saturated carbocycles. The molecule has 0 aliphatic carbocycles. The van der Waals surface area contributed by atoms with E-state index in [1.165, 1.54) is 0 Å². The molecule has 0 bridgehead atoms. The van der Waals surface area contributed by atoms with E-state index in [2.05, 4.69) is 21.0 Å². The predicted octanol–water partition coefficient (Wildman–Crippen LogP) is 2.47. The molecule has 0 radical (unpaired) electrons. The fourth-order valence-electron chi connectivity index (χ4n) is 2.04. The zero-order valence-electron chi connectivity index (χ0n) is 10.0. The maximum Gasteiger partial charge on any atom is 0.231 e. The molecule has 94 valence electrons. The molecule has 0 atom stereocenters. The molecule has 0 spiro atoms. The number of hydrogen-bond donors (Lipinski definition) is 1. The minimum atomic E-state index is 0.251. The number of anilines is 1. The largest absolute Gasteiger partial charge is 0.454 e. The summed E-state index contributed by atoms with van der Waals surface area (Å²) in [5, 5.41) is 4.39. The number of rotatable bonds is 1. The summed E-state index contributed by atoms with van der Waals surface area (Å²) in [4.78, 5) is 0. The first kappa shape index (κ1) is 11.4. The number of fused-ring (bicyclic) bond motifs is 1. The molecule has 0 fully saturated rings. The second kappa shape index (κ2) is 3.91.